The number of aromatic nitrogens is 2. The zero-order chi connectivity index (χ0) is 23.1. The molecule has 1 aliphatic rings. The van der Waals surface area contributed by atoms with Crippen LogP contribution in [0, 0.1) is 6.92 Å². The van der Waals surface area contributed by atoms with Gasteiger partial charge in [-0.05, 0) is 51.6 Å². The summed E-state index contributed by atoms with van der Waals surface area (Å²) in [5, 5.41) is 14.9. The molecule has 0 saturated heterocycles. The molecule has 1 heterocycles. The highest BCUT2D eigenvalue weighted by atomic mass is 16.5. The summed E-state index contributed by atoms with van der Waals surface area (Å²) in [6.45, 7) is 4.55. The van der Waals surface area contributed by atoms with Crippen LogP contribution >= 0.6 is 0 Å². The Kier molecular flexibility index (Phi) is 8.96. The van der Waals surface area contributed by atoms with Crippen LogP contribution in [0.15, 0.2) is 24.4 Å². The fraction of sp³-hybridized carbons (Fsp3) is 0.640. The van der Waals surface area contributed by atoms with E-state index in [1.54, 1.807) is 7.11 Å². The van der Waals surface area contributed by atoms with Crippen LogP contribution in [0.1, 0.15) is 48.9 Å². The van der Waals surface area contributed by atoms with Crippen LogP contribution in [0.4, 0.5) is 0 Å². The molecule has 1 fully saturated rings. The maximum Gasteiger partial charge on any atom is 0.161 e. The molecule has 7 heteroatoms. The van der Waals surface area contributed by atoms with E-state index < -0.39 is 6.10 Å². The molecule has 178 valence electrons. The van der Waals surface area contributed by atoms with E-state index in [4.69, 9.17) is 9.47 Å². The first-order valence-electron chi connectivity index (χ1n) is 11.7. The highest BCUT2D eigenvalue weighted by Gasteiger charge is 2.20. The van der Waals surface area contributed by atoms with Gasteiger partial charge in [-0.1, -0.05) is 25.3 Å². The lowest BCUT2D eigenvalue weighted by molar-refractivity contribution is 0.0553. The number of ether oxygens (including phenoxy) is 2. The molecule has 1 unspecified atom stereocenters. The fourth-order valence-electron chi connectivity index (χ4n) is 4.63. The summed E-state index contributed by atoms with van der Waals surface area (Å²) in [5.74, 6) is 1.36. The van der Waals surface area contributed by atoms with Gasteiger partial charge in [-0.2, -0.15) is 5.10 Å². The molecule has 7 nitrogen and oxygen atoms in total. The Balaban J connectivity index is 1.51. The van der Waals surface area contributed by atoms with Crippen molar-refractivity contribution in [2.24, 2.45) is 7.05 Å². The van der Waals surface area contributed by atoms with Gasteiger partial charge in [0.2, 0.25) is 0 Å². The second kappa shape index (κ2) is 11.7. The van der Waals surface area contributed by atoms with Crippen molar-refractivity contribution in [2.45, 2.75) is 64.3 Å². The summed E-state index contributed by atoms with van der Waals surface area (Å²) in [6, 6.07) is 6.60. The average Bonchev–Trinajstić information content (AvgIpc) is 3.09. The van der Waals surface area contributed by atoms with Gasteiger partial charge in [0, 0.05) is 44.5 Å². The van der Waals surface area contributed by atoms with Crippen LogP contribution in [-0.2, 0) is 20.1 Å². The third-order valence-electron chi connectivity index (χ3n) is 6.36. The highest BCUT2D eigenvalue weighted by molar-refractivity contribution is 5.43. The number of rotatable bonds is 11. The van der Waals surface area contributed by atoms with Gasteiger partial charge < -0.3 is 19.5 Å². The predicted molar refractivity (Wildman–Crippen MR) is 127 cm³/mol. The summed E-state index contributed by atoms with van der Waals surface area (Å²) in [5.41, 5.74) is 3.44. The lowest BCUT2D eigenvalue weighted by Crippen LogP contribution is -2.40. The molecule has 0 radical (unpaired) electrons. The van der Waals surface area contributed by atoms with Gasteiger partial charge in [0.15, 0.2) is 11.5 Å². The Hall–Kier alpha value is -2.09. The van der Waals surface area contributed by atoms with Gasteiger partial charge in [0.25, 0.3) is 0 Å². The number of benzene rings is 1. The van der Waals surface area contributed by atoms with Gasteiger partial charge in [-0.25, -0.2) is 0 Å². The topological polar surface area (TPSA) is 63.0 Å². The molecule has 3 rings (SSSR count). The van der Waals surface area contributed by atoms with Crippen LogP contribution in [-0.4, -0.2) is 71.2 Å². The standard InChI is InChI=1S/C25H40N4O3/c1-19-21(16-29(4)26-19)15-27(2)14-20-11-12-24(25(13-20)31-5)32-18-23(30)17-28(3)22-9-7-6-8-10-22/h11-13,16,22-23,30H,6-10,14-15,17-18H2,1-5H3. The minimum atomic E-state index is -0.528. The molecule has 0 amide bonds. The second-order valence-electron chi connectivity index (χ2n) is 9.27. The highest BCUT2D eigenvalue weighted by Crippen LogP contribution is 2.29. The van der Waals surface area contributed by atoms with Crippen molar-refractivity contribution in [3.63, 3.8) is 0 Å². The molecular weight excluding hydrogens is 404 g/mol. The van der Waals surface area contributed by atoms with Gasteiger partial charge in [-0.3, -0.25) is 9.58 Å². The Morgan fingerprint density at radius 1 is 1.16 bits per heavy atom. The number of hydrogen-bond donors (Lipinski definition) is 1. The Labute approximate surface area is 192 Å². The van der Waals surface area contributed by atoms with Crippen LogP contribution in [0.3, 0.4) is 0 Å². The summed E-state index contributed by atoms with van der Waals surface area (Å²) in [4.78, 5) is 4.54. The van der Waals surface area contributed by atoms with E-state index in [1.165, 1.54) is 37.7 Å². The smallest absolute Gasteiger partial charge is 0.161 e. The third-order valence-corrected chi connectivity index (χ3v) is 6.36. The van der Waals surface area contributed by atoms with E-state index in [1.807, 2.05) is 30.8 Å². The van der Waals surface area contributed by atoms with Crippen LogP contribution in [0.25, 0.3) is 0 Å². The van der Waals surface area contributed by atoms with Crippen molar-refractivity contribution in [2.75, 3.05) is 34.4 Å². The Morgan fingerprint density at radius 3 is 2.56 bits per heavy atom. The minimum Gasteiger partial charge on any atom is -0.493 e. The summed E-state index contributed by atoms with van der Waals surface area (Å²) < 4.78 is 13.3. The van der Waals surface area contributed by atoms with Crippen molar-refractivity contribution >= 4 is 0 Å². The number of likely N-dealkylation sites (N-methyl/N-ethyl adjacent to an activating group) is 1. The predicted octanol–water partition coefficient (Wildman–Crippen LogP) is 3.37. The van der Waals surface area contributed by atoms with Crippen LogP contribution in [0.2, 0.25) is 0 Å². The van der Waals surface area contributed by atoms with E-state index >= 15 is 0 Å². The van der Waals surface area contributed by atoms with E-state index in [2.05, 4.69) is 41.3 Å². The SMILES string of the molecule is COc1cc(CN(C)Cc2cn(C)nc2C)ccc1OCC(O)CN(C)C1CCCCC1. The number of aliphatic hydroxyl groups excluding tert-OH is 1. The lowest BCUT2D eigenvalue weighted by atomic mass is 9.94. The number of methoxy groups -OCH3 is 1. The van der Waals surface area contributed by atoms with Gasteiger partial charge >= 0.3 is 0 Å². The first-order valence-corrected chi connectivity index (χ1v) is 11.7. The normalized spacial score (nSPS) is 16.0. The maximum absolute atomic E-state index is 10.5. The Morgan fingerprint density at radius 2 is 1.91 bits per heavy atom. The molecule has 1 atom stereocenters. The van der Waals surface area contributed by atoms with Crippen LogP contribution < -0.4 is 9.47 Å². The molecule has 0 aliphatic heterocycles. The number of nitrogens with zero attached hydrogens (tertiary/aromatic N) is 4. The summed E-state index contributed by atoms with van der Waals surface area (Å²) in [6.07, 6.45) is 7.93. The maximum atomic E-state index is 10.5. The van der Waals surface area contributed by atoms with Crippen molar-refractivity contribution in [3.05, 3.63) is 41.2 Å². The summed E-state index contributed by atoms with van der Waals surface area (Å²) >= 11 is 0. The third kappa shape index (κ3) is 6.95. The van der Waals surface area contributed by atoms with E-state index in [0.29, 0.717) is 24.1 Å². The van der Waals surface area contributed by atoms with Gasteiger partial charge in [0.1, 0.15) is 12.7 Å². The zero-order valence-corrected chi connectivity index (χ0v) is 20.4. The largest absolute Gasteiger partial charge is 0.493 e. The lowest BCUT2D eigenvalue weighted by Gasteiger charge is -2.32. The number of aliphatic hydroxyl groups is 1. The minimum absolute atomic E-state index is 0.257. The average molecular weight is 445 g/mol. The molecular formula is C25H40N4O3. The molecule has 1 aliphatic carbocycles. The van der Waals surface area contributed by atoms with E-state index in [0.717, 1.165) is 24.3 Å². The molecule has 1 aromatic heterocycles. The summed E-state index contributed by atoms with van der Waals surface area (Å²) in [7, 11) is 7.81. The molecule has 1 N–H and O–H groups in total. The van der Waals surface area contributed by atoms with Crippen molar-refractivity contribution < 1.29 is 14.6 Å². The quantitative estimate of drug-likeness (QED) is 0.573. The van der Waals surface area contributed by atoms with Gasteiger partial charge in [0.05, 0.1) is 12.8 Å². The van der Waals surface area contributed by atoms with E-state index in [9.17, 15) is 5.11 Å². The van der Waals surface area contributed by atoms with Crippen molar-refractivity contribution in [3.8, 4) is 11.5 Å². The van der Waals surface area contributed by atoms with Crippen molar-refractivity contribution in [1.82, 2.24) is 19.6 Å². The zero-order valence-electron chi connectivity index (χ0n) is 20.4. The number of hydrogen-bond acceptors (Lipinski definition) is 6. The van der Waals surface area contributed by atoms with E-state index in [-0.39, 0.29) is 6.61 Å². The molecule has 0 spiro atoms. The first kappa shape index (κ1) is 24.6. The van der Waals surface area contributed by atoms with Crippen LogP contribution in [0.5, 0.6) is 11.5 Å². The fourth-order valence-corrected chi connectivity index (χ4v) is 4.63. The molecule has 0 bridgehead atoms. The monoisotopic (exact) mass is 444 g/mol. The Bertz CT molecular complexity index is 848. The van der Waals surface area contributed by atoms with Crippen molar-refractivity contribution in [1.29, 1.82) is 0 Å². The molecule has 32 heavy (non-hydrogen) atoms. The molecule has 1 saturated carbocycles. The second-order valence-corrected chi connectivity index (χ2v) is 9.27. The number of aryl methyl sites for hydroxylation is 2. The molecule has 1 aromatic carbocycles. The van der Waals surface area contributed by atoms with Gasteiger partial charge in [-0.15, -0.1) is 0 Å². The molecule has 2 aromatic rings. The first-order chi connectivity index (χ1) is 15.4.